The molecule has 146 valence electrons. The van der Waals surface area contributed by atoms with Gasteiger partial charge in [-0.15, -0.1) is 5.10 Å². The van der Waals surface area contributed by atoms with Crippen molar-refractivity contribution < 1.29 is 9.18 Å². The third-order valence-corrected chi connectivity index (χ3v) is 4.84. The Labute approximate surface area is 160 Å². The van der Waals surface area contributed by atoms with Crippen molar-refractivity contribution in [2.75, 3.05) is 23.3 Å². The van der Waals surface area contributed by atoms with Crippen molar-refractivity contribution in [3.05, 3.63) is 52.8 Å². The maximum atomic E-state index is 12.9. The molecule has 0 radical (unpaired) electrons. The Kier molecular flexibility index (Phi) is 4.81. The maximum Gasteiger partial charge on any atom is 0.352 e. The third-order valence-electron chi connectivity index (χ3n) is 4.84. The minimum Gasteiger partial charge on any atom is -0.356 e. The van der Waals surface area contributed by atoms with Crippen LogP contribution in [0.2, 0.25) is 0 Å². The molecule has 0 unspecified atom stereocenters. The summed E-state index contributed by atoms with van der Waals surface area (Å²) in [5.74, 6) is 0.825. The summed E-state index contributed by atoms with van der Waals surface area (Å²) in [6.45, 7) is 3.81. The summed E-state index contributed by atoms with van der Waals surface area (Å²) in [6, 6.07) is 7.20. The summed E-state index contributed by atoms with van der Waals surface area (Å²) in [5.41, 5.74) is 0.0122. The van der Waals surface area contributed by atoms with Gasteiger partial charge in [-0.2, -0.15) is 4.98 Å². The van der Waals surface area contributed by atoms with E-state index in [0.29, 0.717) is 11.6 Å². The predicted molar refractivity (Wildman–Crippen MR) is 103 cm³/mol. The van der Waals surface area contributed by atoms with Gasteiger partial charge < -0.3 is 10.2 Å². The van der Waals surface area contributed by atoms with Crippen molar-refractivity contribution in [1.29, 1.82) is 0 Å². The molecule has 8 nitrogen and oxygen atoms in total. The zero-order chi connectivity index (χ0) is 19.7. The van der Waals surface area contributed by atoms with Gasteiger partial charge in [0.25, 0.3) is 5.78 Å². The first kappa shape index (κ1) is 18.1. The van der Waals surface area contributed by atoms with Crippen molar-refractivity contribution in [3.8, 4) is 0 Å². The standard InChI is InChI=1S/C19H21FN6O2/c1-13-3-2-9-24(11-13)16-8-10-25-18(22-16)23-26(19(25)28)12-17(27)21-15-6-4-14(20)5-7-15/h4-8,10,13H,2-3,9,11-12H2,1H3,(H,21,27)/t13-/m1/s1. The number of piperidine rings is 1. The summed E-state index contributed by atoms with van der Waals surface area (Å²) < 4.78 is 15.3. The van der Waals surface area contributed by atoms with Gasteiger partial charge in [0.15, 0.2) is 0 Å². The molecule has 4 rings (SSSR count). The molecule has 1 aliphatic rings. The number of hydrogen-bond donors (Lipinski definition) is 1. The van der Waals surface area contributed by atoms with Gasteiger partial charge in [0.1, 0.15) is 18.2 Å². The minimum atomic E-state index is -0.435. The number of benzene rings is 1. The van der Waals surface area contributed by atoms with Crippen molar-refractivity contribution in [2.45, 2.75) is 26.3 Å². The van der Waals surface area contributed by atoms with E-state index in [1.165, 1.54) is 35.1 Å². The molecule has 1 aliphatic heterocycles. The van der Waals surface area contributed by atoms with Crippen LogP contribution in [0.1, 0.15) is 19.8 Å². The molecule has 2 aromatic heterocycles. The largest absolute Gasteiger partial charge is 0.356 e. The van der Waals surface area contributed by atoms with Crippen LogP contribution in [0.15, 0.2) is 41.3 Å². The Balaban J connectivity index is 1.52. The van der Waals surface area contributed by atoms with Crippen molar-refractivity contribution in [1.82, 2.24) is 19.2 Å². The van der Waals surface area contributed by atoms with Gasteiger partial charge in [-0.25, -0.2) is 18.3 Å². The highest BCUT2D eigenvalue weighted by Crippen LogP contribution is 2.21. The lowest BCUT2D eigenvalue weighted by Gasteiger charge is -2.31. The molecule has 1 saturated heterocycles. The number of aromatic nitrogens is 4. The van der Waals surface area contributed by atoms with Crippen LogP contribution < -0.4 is 15.9 Å². The van der Waals surface area contributed by atoms with Gasteiger partial charge in [0, 0.05) is 25.0 Å². The molecule has 1 amide bonds. The van der Waals surface area contributed by atoms with E-state index in [4.69, 9.17) is 0 Å². The predicted octanol–water partition coefficient (Wildman–Crippen LogP) is 1.91. The third kappa shape index (κ3) is 3.73. The molecular weight excluding hydrogens is 363 g/mol. The zero-order valence-electron chi connectivity index (χ0n) is 15.5. The fourth-order valence-corrected chi connectivity index (χ4v) is 3.44. The number of nitrogens with zero attached hydrogens (tertiary/aromatic N) is 5. The highest BCUT2D eigenvalue weighted by atomic mass is 19.1. The SMILES string of the molecule is C[C@@H]1CCCN(c2ccn3c(=O)n(CC(=O)Nc4ccc(F)cc4)nc3n2)C1. The highest BCUT2D eigenvalue weighted by molar-refractivity contribution is 5.90. The second-order valence-corrected chi connectivity index (χ2v) is 7.14. The number of amides is 1. The molecule has 0 aliphatic carbocycles. The second-order valence-electron chi connectivity index (χ2n) is 7.14. The van der Waals surface area contributed by atoms with Crippen LogP contribution in [-0.2, 0) is 11.3 Å². The van der Waals surface area contributed by atoms with E-state index in [0.717, 1.165) is 30.0 Å². The molecule has 28 heavy (non-hydrogen) atoms. The molecular formula is C19H21FN6O2. The fraction of sp³-hybridized carbons (Fsp3) is 0.368. The maximum absolute atomic E-state index is 12.9. The van der Waals surface area contributed by atoms with E-state index >= 15 is 0 Å². The average molecular weight is 384 g/mol. The summed E-state index contributed by atoms with van der Waals surface area (Å²) in [5, 5.41) is 6.80. The molecule has 0 saturated carbocycles. The average Bonchev–Trinajstić information content (AvgIpc) is 2.98. The Hall–Kier alpha value is -3.23. The number of fused-ring (bicyclic) bond motifs is 1. The van der Waals surface area contributed by atoms with E-state index < -0.39 is 11.6 Å². The van der Waals surface area contributed by atoms with E-state index in [1.807, 2.05) is 0 Å². The first-order valence-corrected chi connectivity index (χ1v) is 9.26. The molecule has 3 aromatic rings. The van der Waals surface area contributed by atoms with E-state index in [1.54, 1.807) is 12.3 Å². The number of nitrogens with one attached hydrogen (secondary N) is 1. The van der Waals surface area contributed by atoms with Crippen LogP contribution in [0.4, 0.5) is 15.9 Å². The topological polar surface area (TPSA) is 84.5 Å². The lowest BCUT2D eigenvalue weighted by Crippen LogP contribution is -2.34. The summed E-state index contributed by atoms with van der Waals surface area (Å²) in [4.78, 5) is 31.4. The first-order chi connectivity index (χ1) is 13.5. The van der Waals surface area contributed by atoms with E-state index in [-0.39, 0.29) is 18.1 Å². The van der Waals surface area contributed by atoms with Crippen LogP contribution in [0.25, 0.3) is 5.78 Å². The Bertz CT molecular complexity index is 1060. The van der Waals surface area contributed by atoms with Gasteiger partial charge in [0.2, 0.25) is 5.91 Å². The summed E-state index contributed by atoms with van der Waals surface area (Å²) in [7, 11) is 0. The molecule has 9 heteroatoms. The molecule has 0 bridgehead atoms. The number of halogens is 1. The number of rotatable bonds is 4. The van der Waals surface area contributed by atoms with Crippen LogP contribution in [0, 0.1) is 11.7 Å². The van der Waals surface area contributed by atoms with Crippen LogP contribution in [-0.4, -0.2) is 38.2 Å². The highest BCUT2D eigenvalue weighted by Gasteiger charge is 2.19. The van der Waals surface area contributed by atoms with E-state index in [9.17, 15) is 14.0 Å². The van der Waals surface area contributed by atoms with Gasteiger partial charge in [-0.3, -0.25) is 4.79 Å². The van der Waals surface area contributed by atoms with Gasteiger partial charge in [-0.05, 0) is 49.1 Å². The molecule has 3 heterocycles. The number of carbonyl (C=O) groups is 1. The minimum absolute atomic E-state index is 0.254. The number of anilines is 2. The molecule has 1 fully saturated rings. The normalized spacial score (nSPS) is 17.1. The van der Waals surface area contributed by atoms with Gasteiger partial charge >= 0.3 is 5.69 Å². The van der Waals surface area contributed by atoms with Crippen molar-refractivity contribution in [3.63, 3.8) is 0 Å². The summed E-state index contributed by atoms with van der Waals surface area (Å²) in [6.07, 6.45) is 3.95. The van der Waals surface area contributed by atoms with Crippen molar-refractivity contribution >= 4 is 23.2 Å². The molecule has 1 atom stereocenters. The zero-order valence-corrected chi connectivity index (χ0v) is 15.5. The van der Waals surface area contributed by atoms with Crippen LogP contribution >= 0.6 is 0 Å². The number of carbonyl (C=O) groups excluding carboxylic acids is 1. The molecule has 1 aromatic carbocycles. The Morgan fingerprint density at radius 2 is 2.07 bits per heavy atom. The first-order valence-electron chi connectivity index (χ1n) is 9.26. The Morgan fingerprint density at radius 3 is 2.82 bits per heavy atom. The van der Waals surface area contributed by atoms with Gasteiger partial charge in [-0.1, -0.05) is 6.92 Å². The van der Waals surface area contributed by atoms with Crippen LogP contribution in [0.3, 0.4) is 0 Å². The lowest BCUT2D eigenvalue weighted by molar-refractivity contribution is -0.117. The lowest BCUT2D eigenvalue weighted by atomic mass is 10.0. The summed E-state index contributed by atoms with van der Waals surface area (Å²) >= 11 is 0. The second kappa shape index (κ2) is 7.41. The van der Waals surface area contributed by atoms with E-state index in [2.05, 4.69) is 27.2 Å². The molecule has 1 N–H and O–H groups in total. The number of hydrogen-bond acceptors (Lipinski definition) is 5. The fourth-order valence-electron chi connectivity index (χ4n) is 3.44. The monoisotopic (exact) mass is 384 g/mol. The Morgan fingerprint density at radius 1 is 1.29 bits per heavy atom. The van der Waals surface area contributed by atoms with Crippen molar-refractivity contribution in [2.24, 2.45) is 5.92 Å². The van der Waals surface area contributed by atoms with Gasteiger partial charge in [0.05, 0.1) is 0 Å². The molecule has 0 spiro atoms. The smallest absolute Gasteiger partial charge is 0.352 e. The van der Waals surface area contributed by atoms with Crippen LogP contribution in [0.5, 0.6) is 0 Å². The quantitative estimate of drug-likeness (QED) is 0.743.